The smallest absolute Gasteiger partial charge is 0.427 e. The standard InChI is InChI=1S/C15H13BN2O2S/c1-21-13-7-4-6-11(9-13)15(19)18-16(20)14-8-3-2-5-12(14)10-17-18/h2-10,20H,1H3. The van der Waals surface area contributed by atoms with Crippen LogP contribution >= 0.6 is 11.8 Å². The van der Waals surface area contributed by atoms with Crippen LogP contribution in [-0.4, -0.2) is 35.4 Å². The predicted octanol–water partition coefficient (Wildman–Crippen LogP) is 1.59. The molecule has 1 aliphatic rings. The molecule has 0 spiro atoms. The van der Waals surface area contributed by atoms with Gasteiger partial charge in [-0.3, -0.25) is 4.79 Å². The minimum atomic E-state index is -1.06. The predicted molar refractivity (Wildman–Crippen MR) is 86.0 cm³/mol. The van der Waals surface area contributed by atoms with Crippen LogP contribution < -0.4 is 5.46 Å². The van der Waals surface area contributed by atoms with Gasteiger partial charge in [-0.05, 0) is 35.5 Å². The third kappa shape index (κ3) is 2.60. The Kier molecular flexibility index (Phi) is 3.81. The van der Waals surface area contributed by atoms with E-state index in [1.807, 2.05) is 36.6 Å². The number of thioether (sulfide) groups is 1. The zero-order valence-corrected chi connectivity index (χ0v) is 12.2. The summed E-state index contributed by atoms with van der Waals surface area (Å²) in [6, 6.07) is 14.7. The largest absolute Gasteiger partial charge is 0.474 e. The van der Waals surface area contributed by atoms with Crippen molar-refractivity contribution in [2.24, 2.45) is 5.10 Å². The lowest BCUT2D eigenvalue weighted by molar-refractivity contribution is 0.0846. The summed E-state index contributed by atoms with van der Waals surface area (Å²) < 4.78 is 0. The summed E-state index contributed by atoms with van der Waals surface area (Å²) in [7, 11) is -1.06. The van der Waals surface area contributed by atoms with E-state index >= 15 is 0 Å². The first-order chi connectivity index (χ1) is 10.2. The highest BCUT2D eigenvalue weighted by Crippen LogP contribution is 2.18. The number of fused-ring (bicyclic) bond motifs is 1. The highest BCUT2D eigenvalue weighted by Gasteiger charge is 2.33. The molecule has 1 aliphatic heterocycles. The van der Waals surface area contributed by atoms with Gasteiger partial charge in [0.05, 0.1) is 6.21 Å². The molecule has 0 radical (unpaired) electrons. The number of rotatable bonds is 2. The van der Waals surface area contributed by atoms with Gasteiger partial charge < -0.3 is 5.02 Å². The monoisotopic (exact) mass is 296 g/mol. The Morgan fingerprint density at radius 1 is 1.24 bits per heavy atom. The van der Waals surface area contributed by atoms with Crippen molar-refractivity contribution in [3.8, 4) is 0 Å². The van der Waals surface area contributed by atoms with Crippen LogP contribution in [0, 0.1) is 0 Å². The molecule has 0 saturated carbocycles. The van der Waals surface area contributed by atoms with Crippen LogP contribution in [0.4, 0.5) is 0 Å². The minimum Gasteiger partial charge on any atom is -0.427 e. The number of benzene rings is 2. The summed E-state index contributed by atoms with van der Waals surface area (Å²) in [5.41, 5.74) is 2.02. The van der Waals surface area contributed by atoms with Crippen LogP contribution in [0.2, 0.25) is 0 Å². The molecule has 0 saturated heterocycles. The highest BCUT2D eigenvalue weighted by atomic mass is 32.2. The van der Waals surface area contributed by atoms with Gasteiger partial charge in [0, 0.05) is 10.5 Å². The average molecular weight is 296 g/mol. The van der Waals surface area contributed by atoms with Gasteiger partial charge in [0.25, 0.3) is 5.91 Å². The van der Waals surface area contributed by atoms with Gasteiger partial charge in [-0.2, -0.15) is 5.10 Å². The van der Waals surface area contributed by atoms with E-state index < -0.39 is 7.05 Å². The summed E-state index contributed by atoms with van der Waals surface area (Å²) in [5.74, 6) is -0.316. The zero-order chi connectivity index (χ0) is 14.8. The lowest BCUT2D eigenvalue weighted by Crippen LogP contribution is -2.52. The Balaban J connectivity index is 1.93. The summed E-state index contributed by atoms with van der Waals surface area (Å²) in [4.78, 5) is 14.6. The first-order valence-corrected chi connectivity index (χ1v) is 7.72. The maximum atomic E-state index is 12.5. The fraction of sp³-hybridized carbons (Fsp3) is 0.0667. The quantitative estimate of drug-likeness (QED) is 0.676. The second-order valence-electron chi connectivity index (χ2n) is 4.63. The van der Waals surface area contributed by atoms with E-state index in [1.54, 1.807) is 36.2 Å². The molecule has 1 heterocycles. The normalized spacial score (nSPS) is 13.2. The van der Waals surface area contributed by atoms with Crippen molar-refractivity contribution in [3.05, 3.63) is 59.7 Å². The van der Waals surface area contributed by atoms with Gasteiger partial charge in [-0.1, -0.05) is 30.3 Å². The van der Waals surface area contributed by atoms with Crippen molar-refractivity contribution < 1.29 is 9.82 Å². The fourth-order valence-electron chi connectivity index (χ4n) is 2.23. The van der Waals surface area contributed by atoms with E-state index in [2.05, 4.69) is 5.10 Å². The van der Waals surface area contributed by atoms with Crippen LogP contribution in [0.25, 0.3) is 0 Å². The maximum absolute atomic E-state index is 12.5. The highest BCUT2D eigenvalue weighted by molar-refractivity contribution is 7.98. The summed E-state index contributed by atoms with van der Waals surface area (Å²) in [6.45, 7) is 0. The van der Waals surface area contributed by atoms with Crippen LogP contribution in [0.1, 0.15) is 15.9 Å². The number of nitrogens with zero attached hydrogens (tertiary/aromatic N) is 2. The lowest BCUT2D eigenvalue weighted by atomic mass is 9.69. The molecule has 0 aromatic heterocycles. The molecule has 0 aliphatic carbocycles. The number of carbonyl (C=O) groups excluding carboxylic acids is 1. The molecule has 6 heteroatoms. The Morgan fingerprint density at radius 3 is 2.86 bits per heavy atom. The second kappa shape index (κ2) is 5.75. The van der Waals surface area contributed by atoms with Crippen molar-refractivity contribution in [1.29, 1.82) is 0 Å². The number of hydrogen-bond donors (Lipinski definition) is 1. The Morgan fingerprint density at radius 2 is 2.05 bits per heavy atom. The van der Waals surface area contributed by atoms with Crippen molar-refractivity contribution >= 4 is 36.4 Å². The molecular formula is C15H13BN2O2S. The average Bonchev–Trinajstić information content (AvgIpc) is 2.55. The molecule has 21 heavy (non-hydrogen) atoms. The van der Waals surface area contributed by atoms with Crippen LogP contribution in [0.15, 0.2) is 58.5 Å². The van der Waals surface area contributed by atoms with Gasteiger partial charge in [-0.25, -0.2) is 4.92 Å². The molecule has 0 unspecified atom stereocenters. The maximum Gasteiger partial charge on any atom is 0.474 e. The van der Waals surface area contributed by atoms with E-state index in [4.69, 9.17) is 0 Å². The Bertz CT molecular complexity index is 720. The third-order valence-electron chi connectivity index (χ3n) is 3.35. The topological polar surface area (TPSA) is 52.9 Å². The zero-order valence-electron chi connectivity index (χ0n) is 11.4. The first kappa shape index (κ1) is 13.9. The van der Waals surface area contributed by atoms with Crippen LogP contribution in [0.5, 0.6) is 0 Å². The van der Waals surface area contributed by atoms with Crippen LogP contribution in [-0.2, 0) is 0 Å². The molecular weight excluding hydrogens is 283 g/mol. The number of amides is 1. The fourth-order valence-corrected chi connectivity index (χ4v) is 2.69. The molecule has 0 fully saturated rings. The molecule has 2 aromatic rings. The molecule has 3 rings (SSSR count). The molecule has 2 aromatic carbocycles. The third-order valence-corrected chi connectivity index (χ3v) is 4.08. The number of hydrazone groups is 1. The Hall–Kier alpha value is -2.05. The van der Waals surface area contributed by atoms with E-state index in [0.29, 0.717) is 11.0 Å². The summed E-state index contributed by atoms with van der Waals surface area (Å²) in [6.07, 6.45) is 3.55. The van der Waals surface area contributed by atoms with E-state index in [9.17, 15) is 9.82 Å². The van der Waals surface area contributed by atoms with Crippen molar-refractivity contribution in [2.75, 3.05) is 6.26 Å². The SMILES string of the molecule is CSc1cccc(C(=O)N2N=Cc3ccccc3B2O)c1. The number of hydrogen-bond acceptors (Lipinski definition) is 4. The molecule has 0 bridgehead atoms. The molecule has 1 N–H and O–H groups in total. The molecule has 0 atom stereocenters. The van der Waals surface area contributed by atoms with Gasteiger partial charge in [0.15, 0.2) is 0 Å². The van der Waals surface area contributed by atoms with Gasteiger partial charge in [0.2, 0.25) is 0 Å². The van der Waals surface area contributed by atoms with Crippen molar-refractivity contribution in [2.45, 2.75) is 4.90 Å². The lowest BCUT2D eigenvalue weighted by Gasteiger charge is -2.25. The van der Waals surface area contributed by atoms with Crippen molar-refractivity contribution in [3.63, 3.8) is 0 Å². The number of carbonyl (C=O) groups is 1. The Labute approximate surface area is 127 Å². The molecule has 104 valence electrons. The molecule has 4 nitrogen and oxygen atoms in total. The van der Waals surface area contributed by atoms with Crippen molar-refractivity contribution in [1.82, 2.24) is 4.92 Å². The van der Waals surface area contributed by atoms with Gasteiger partial charge >= 0.3 is 7.05 Å². The van der Waals surface area contributed by atoms with Crippen LogP contribution in [0.3, 0.4) is 0 Å². The summed E-state index contributed by atoms with van der Waals surface area (Å²) >= 11 is 1.56. The second-order valence-corrected chi connectivity index (χ2v) is 5.51. The van der Waals surface area contributed by atoms with E-state index in [-0.39, 0.29) is 5.91 Å². The van der Waals surface area contributed by atoms with E-state index in [1.165, 1.54) is 0 Å². The minimum absolute atomic E-state index is 0.316. The molecule has 1 amide bonds. The summed E-state index contributed by atoms with van der Waals surface area (Å²) in [5, 5.41) is 14.5. The first-order valence-electron chi connectivity index (χ1n) is 6.49. The van der Waals surface area contributed by atoms with Gasteiger partial charge in [0.1, 0.15) is 0 Å². The van der Waals surface area contributed by atoms with E-state index in [0.717, 1.165) is 15.4 Å². The van der Waals surface area contributed by atoms with Gasteiger partial charge in [-0.15, -0.1) is 11.8 Å².